The predicted molar refractivity (Wildman–Crippen MR) is 65.8 cm³/mol. The van der Waals surface area contributed by atoms with Crippen molar-refractivity contribution in [3.05, 3.63) is 34.5 Å². The van der Waals surface area contributed by atoms with Gasteiger partial charge in [-0.3, -0.25) is 0 Å². The second-order valence-electron chi connectivity index (χ2n) is 4.47. The van der Waals surface area contributed by atoms with Gasteiger partial charge in [0.2, 0.25) is 0 Å². The Morgan fingerprint density at radius 2 is 2.19 bits per heavy atom. The smallest absolute Gasteiger partial charge is 0.0940 e. The lowest BCUT2D eigenvalue weighted by Gasteiger charge is -2.05. The molecule has 0 saturated carbocycles. The Morgan fingerprint density at radius 3 is 3.06 bits per heavy atom. The minimum atomic E-state index is -0.344. The zero-order valence-electron chi connectivity index (χ0n) is 8.96. The van der Waals surface area contributed by atoms with Crippen LogP contribution in [0.3, 0.4) is 0 Å². The average Bonchev–Trinajstić information content (AvgIpc) is 2.52. The van der Waals surface area contributed by atoms with Crippen molar-refractivity contribution in [3.63, 3.8) is 0 Å². The number of aryl methyl sites for hydroxylation is 1. The number of nitrogens with one attached hydrogen (secondary N) is 1. The number of H-pyrrole nitrogens is 1. The minimum Gasteiger partial charge on any atom is -0.387 e. The van der Waals surface area contributed by atoms with Gasteiger partial charge < -0.3 is 10.1 Å². The molecule has 3 heteroatoms. The van der Waals surface area contributed by atoms with Crippen LogP contribution in [0, 0.1) is 0 Å². The van der Waals surface area contributed by atoms with Crippen molar-refractivity contribution in [2.24, 2.45) is 0 Å². The molecule has 0 radical (unpaired) electrons. The first-order valence-corrected chi connectivity index (χ1v) is 6.11. The summed E-state index contributed by atoms with van der Waals surface area (Å²) in [5.41, 5.74) is 3.33. The van der Waals surface area contributed by atoms with Crippen LogP contribution in [0.5, 0.6) is 0 Å². The van der Waals surface area contributed by atoms with Gasteiger partial charge in [-0.05, 0) is 43.0 Å². The van der Waals surface area contributed by atoms with Gasteiger partial charge in [0.25, 0.3) is 0 Å². The SMILES string of the molecule is OC1CCCCc2c1[nH]c1ccc(Cl)cc21. The standard InChI is InChI=1S/C13H14ClNO/c14-8-5-6-11-10(7-8)9-3-1-2-4-12(16)13(9)15-11/h5-7,12,15-16H,1-4H2. The van der Waals surface area contributed by atoms with E-state index in [1.807, 2.05) is 18.2 Å². The number of benzene rings is 1. The Bertz CT molecular complexity index is 532. The third kappa shape index (κ3) is 1.53. The maximum Gasteiger partial charge on any atom is 0.0940 e. The highest BCUT2D eigenvalue weighted by molar-refractivity contribution is 6.31. The number of aliphatic hydroxyl groups is 1. The summed E-state index contributed by atoms with van der Waals surface area (Å²) in [7, 11) is 0. The van der Waals surface area contributed by atoms with Crippen LogP contribution in [0.1, 0.15) is 36.6 Å². The van der Waals surface area contributed by atoms with E-state index < -0.39 is 0 Å². The summed E-state index contributed by atoms with van der Waals surface area (Å²) < 4.78 is 0. The number of fused-ring (bicyclic) bond motifs is 3. The van der Waals surface area contributed by atoms with Gasteiger partial charge in [-0.1, -0.05) is 18.0 Å². The Labute approximate surface area is 99.2 Å². The molecule has 0 spiro atoms. The van der Waals surface area contributed by atoms with Gasteiger partial charge in [0.05, 0.1) is 6.10 Å². The van der Waals surface area contributed by atoms with E-state index in [-0.39, 0.29) is 6.10 Å². The first-order valence-electron chi connectivity index (χ1n) is 5.74. The van der Waals surface area contributed by atoms with Crippen molar-refractivity contribution in [2.45, 2.75) is 31.8 Å². The summed E-state index contributed by atoms with van der Waals surface area (Å²) >= 11 is 6.02. The van der Waals surface area contributed by atoms with Crippen molar-refractivity contribution in [3.8, 4) is 0 Å². The molecule has 2 nitrogen and oxygen atoms in total. The first-order chi connectivity index (χ1) is 7.75. The summed E-state index contributed by atoms with van der Waals surface area (Å²) in [5, 5.41) is 12.0. The van der Waals surface area contributed by atoms with E-state index in [9.17, 15) is 5.11 Å². The Kier molecular flexibility index (Phi) is 2.41. The Hall–Kier alpha value is -0.990. The third-order valence-electron chi connectivity index (χ3n) is 3.39. The number of hydrogen-bond donors (Lipinski definition) is 2. The lowest BCUT2D eigenvalue weighted by molar-refractivity contribution is 0.163. The highest BCUT2D eigenvalue weighted by atomic mass is 35.5. The molecule has 2 N–H and O–H groups in total. The molecule has 0 fully saturated rings. The molecule has 1 heterocycles. The molecule has 1 unspecified atom stereocenters. The second kappa shape index (κ2) is 3.79. The average molecular weight is 236 g/mol. The molecule has 0 aliphatic heterocycles. The first kappa shape index (κ1) is 10.2. The van der Waals surface area contributed by atoms with E-state index in [0.717, 1.165) is 41.9 Å². The summed E-state index contributed by atoms with van der Waals surface area (Å²) in [6, 6.07) is 5.86. The van der Waals surface area contributed by atoms with Crippen LogP contribution >= 0.6 is 11.6 Å². The number of rotatable bonds is 0. The molecule has 1 aromatic heterocycles. The van der Waals surface area contributed by atoms with Crippen LogP contribution in [0.2, 0.25) is 5.02 Å². The number of aromatic nitrogens is 1. The molecule has 16 heavy (non-hydrogen) atoms. The molecule has 0 saturated heterocycles. The zero-order chi connectivity index (χ0) is 11.1. The predicted octanol–water partition coefficient (Wildman–Crippen LogP) is 3.58. The topological polar surface area (TPSA) is 36.0 Å². The van der Waals surface area contributed by atoms with Gasteiger partial charge in [-0.2, -0.15) is 0 Å². The van der Waals surface area contributed by atoms with E-state index in [1.165, 1.54) is 10.9 Å². The molecule has 3 rings (SSSR count). The second-order valence-corrected chi connectivity index (χ2v) is 4.91. The Balaban J connectivity index is 2.26. The van der Waals surface area contributed by atoms with Gasteiger partial charge in [0.1, 0.15) is 0 Å². The van der Waals surface area contributed by atoms with Crippen molar-refractivity contribution < 1.29 is 5.11 Å². The maximum atomic E-state index is 10.0. The lowest BCUT2D eigenvalue weighted by atomic mass is 10.1. The molecule has 0 bridgehead atoms. The molecule has 0 amide bonds. The number of aliphatic hydroxyl groups excluding tert-OH is 1. The molecule has 1 aliphatic rings. The molecule has 2 aromatic rings. The lowest BCUT2D eigenvalue weighted by Crippen LogP contribution is -1.97. The molecular weight excluding hydrogens is 222 g/mol. The van der Waals surface area contributed by atoms with Crippen LogP contribution in [0.25, 0.3) is 10.9 Å². The highest BCUT2D eigenvalue weighted by Crippen LogP contribution is 2.34. The van der Waals surface area contributed by atoms with Gasteiger partial charge in [-0.15, -0.1) is 0 Å². The fraction of sp³-hybridized carbons (Fsp3) is 0.385. The van der Waals surface area contributed by atoms with Crippen LogP contribution in [0.15, 0.2) is 18.2 Å². The fourth-order valence-electron chi connectivity index (χ4n) is 2.58. The summed E-state index contributed by atoms with van der Waals surface area (Å²) in [6.07, 6.45) is 3.78. The van der Waals surface area contributed by atoms with Crippen LogP contribution in [0.4, 0.5) is 0 Å². The highest BCUT2D eigenvalue weighted by Gasteiger charge is 2.20. The van der Waals surface area contributed by atoms with Gasteiger partial charge >= 0.3 is 0 Å². The summed E-state index contributed by atoms with van der Waals surface area (Å²) in [4.78, 5) is 3.32. The maximum absolute atomic E-state index is 10.0. The number of halogens is 1. The van der Waals surface area contributed by atoms with Crippen LogP contribution in [-0.4, -0.2) is 10.1 Å². The number of hydrogen-bond acceptors (Lipinski definition) is 1. The molecule has 84 valence electrons. The third-order valence-corrected chi connectivity index (χ3v) is 3.62. The van der Waals surface area contributed by atoms with E-state index in [0.29, 0.717) is 0 Å². The summed E-state index contributed by atoms with van der Waals surface area (Å²) in [5.74, 6) is 0. The normalized spacial score (nSPS) is 20.8. The van der Waals surface area contributed by atoms with E-state index in [1.54, 1.807) is 0 Å². The zero-order valence-corrected chi connectivity index (χ0v) is 9.72. The minimum absolute atomic E-state index is 0.344. The van der Waals surface area contributed by atoms with Crippen molar-refractivity contribution in [2.75, 3.05) is 0 Å². The van der Waals surface area contributed by atoms with Gasteiger partial charge in [0.15, 0.2) is 0 Å². The van der Waals surface area contributed by atoms with Crippen LogP contribution in [-0.2, 0) is 6.42 Å². The van der Waals surface area contributed by atoms with Crippen molar-refractivity contribution >= 4 is 22.5 Å². The van der Waals surface area contributed by atoms with Crippen LogP contribution < -0.4 is 0 Å². The fourth-order valence-corrected chi connectivity index (χ4v) is 2.75. The quantitative estimate of drug-likeness (QED) is 0.673. The van der Waals surface area contributed by atoms with Gasteiger partial charge in [0, 0.05) is 21.6 Å². The van der Waals surface area contributed by atoms with E-state index >= 15 is 0 Å². The summed E-state index contributed by atoms with van der Waals surface area (Å²) in [6.45, 7) is 0. The molecule has 1 aliphatic carbocycles. The molecule has 1 aromatic carbocycles. The van der Waals surface area contributed by atoms with Crippen molar-refractivity contribution in [1.82, 2.24) is 4.98 Å². The monoisotopic (exact) mass is 235 g/mol. The molecule has 1 atom stereocenters. The Morgan fingerprint density at radius 1 is 1.31 bits per heavy atom. The number of aromatic amines is 1. The van der Waals surface area contributed by atoms with Gasteiger partial charge in [-0.25, -0.2) is 0 Å². The van der Waals surface area contributed by atoms with E-state index in [4.69, 9.17) is 11.6 Å². The van der Waals surface area contributed by atoms with Crippen molar-refractivity contribution in [1.29, 1.82) is 0 Å². The largest absolute Gasteiger partial charge is 0.387 e. The molecular formula is C13H14ClNO. The van der Waals surface area contributed by atoms with E-state index in [2.05, 4.69) is 4.98 Å².